The summed E-state index contributed by atoms with van der Waals surface area (Å²) in [6, 6.07) is 18.6. The second-order valence-corrected chi connectivity index (χ2v) is 5.18. The van der Waals surface area contributed by atoms with Crippen molar-refractivity contribution >= 4 is 17.7 Å². The molecule has 0 radical (unpaired) electrons. The lowest BCUT2D eigenvalue weighted by Crippen LogP contribution is -2.24. The first-order valence-corrected chi connectivity index (χ1v) is 7.33. The highest BCUT2D eigenvalue weighted by Gasteiger charge is 2.02. The van der Waals surface area contributed by atoms with Gasteiger partial charge in [0.05, 0.1) is 5.75 Å². The van der Waals surface area contributed by atoms with Gasteiger partial charge in [0.1, 0.15) is 0 Å². The minimum absolute atomic E-state index is 0.0830. The van der Waals surface area contributed by atoms with E-state index in [1.165, 1.54) is 11.1 Å². The Morgan fingerprint density at radius 3 is 2.26 bits per heavy atom. The molecule has 0 aliphatic heterocycles. The van der Waals surface area contributed by atoms with E-state index in [0.29, 0.717) is 12.3 Å². The quantitative estimate of drug-likeness (QED) is 0.842. The molecule has 2 aromatic carbocycles. The Kier molecular flexibility index (Phi) is 5.04. The van der Waals surface area contributed by atoms with Crippen molar-refractivity contribution in [3.8, 4) is 11.1 Å². The second-order valence-electron chi connectivity index (χ2n) is 4.13. The number of carbonyl (C=O) groups is 1. The summed E-state index contributed by atoms with van der Waals surface area (Å²) >= 11 is 1.56. The lowest BCUT2D eigenvalue weighted by molar-refractivity contribution is -0.118. The zero-order chi connectivity index (χ0) is 13.5. The van der Waals surface area contributed by atoms with Crippen LogP contribution in [-0.2, 0) is 4.79 Å². The van der Waals surface area contributed by atoms with Crippen LogP contribution in [0.2, 0.25) is 0 Å². The highest BCUT2D eigenvalue weighted by atomic mass is 32.2. The molecule has 1 N–H and O–H groups in total. The fourth-order valence-electron chi connectivity index (χ4n) is 1.77. The third-order valence-corrected chi connectivity index (χ3v) is 3.72. The van der Waals surface area contributed by atoms with E-state index in [4.69, 9.17) is 0 Å². The van der Waals surface area contributed by atoms with Crippen LogP contribution in [-0.4, -0.2) is 18.2 Å². The van der Waals surface area contributed by atoms with Gasteiger partial charge in [-0.05, 0) is 30.2 Å². The summed E-state index contributed by atoms with van der Waals surface area (Å²) in [4.78, 5) is 12.5. The minimum atomic E-state index is 0.0830. The van der Waals surface area contributed by atoms with Crippen LogP contribution in [0, 0.1) is 0 Å². The first-order valence-electron chi connectivity index (χ1n) is 6.34. The fourth-order valence-corrected chi connectivity index (χ4v) is 2.50. The first-order chi connectivity index (χ1) is 9.29. The molecule has 2 aromatic rings. The monoisotopic (exact) mass is 271 g/mol. The number of nitrogens with one attached hydrogen (secondary N) is 1. The maximum atomic E-state index is 11.4. The smallest absolute Gasteiger partial charge is 0.230 e. The zero-order valence-corrected chi connectivity index (χ0v) is 11.7. The Hall–Kier alpha value is -1.74. The summed E-state index contributed by atoms with van der Waals surface area (Å²) in [6.07, 6.45) is 0. The van der Waals surface area contributed by atoms with E-state index in [1.807, 2.05) is 25.1 Å². The highest BCUT2D eigenvalue weighted by Crippen LogP contribution is 2.23. The normalized spacial score (nSPS) is 10.2. The predicted octanol–water partition coefficient (Wildman–Crippen LogP) is 3.58. The third-order valence-electron chi connectivity index (χ3n) is 2.71. The van der Waals surface area contributed by atoms with Gasteiger partial charge in [-0.15, -0.1) is 11.8 Å². The Labute approximate surface area is 118 Å². The van der Waals surface area contributed by atoms with Gasteiger partial charge in [0.25, 0.3) is 0 Å². The molecule has 0 unspecified atom stereocenters. The van der Waals surface area contributed by atoms with Crippen molar-refractivity contribution in [3.63, 3.8) is 0 Å². The second kappa shape index (κ2) is 7.00. The van der Waals surface area contributed by atoms with Crippen molar-refractivity contribution in [1.29, 1.82) is 0 Å². The summed E-state index contributed by atoms with van der Waals surface area (Å²) in [7, 11) is 0. The first kappa shape index (κ1) is 13.7. The number of carbonyl (C=O) groups excluding carboxylic acids is 1. The highest BCUT2D eigenvalue weighted by molar-refractivity contribution is 8.00. The summed E-state index contributed by atoms with van der Waals surface area (Å²) in [5.74, 6) is 0.554. The van der Waals surface area contributed by atoms with Crippen LogP contribution in [0.25, 0.3) is 11.1 Å². The fraction of sp³-hybridized carbons (Fsp3) is 0.188. The van der Waals surface area contributed by atoms with Gasteiger partial charge in [-0.2, -0.15) is 0 Å². The molecule has 0 saturated heterocycles. The van der Waals surface area contributed by atoms with Crippen LogP contribution in [0.3, 0.4) is 0 Å². The van der Waals surface area contributed by atoms with Gasteiger partial charge in [0.15, 0.2) is 0 Å². The van der Waals surface area contributed by atoms with Gasteiger partial charge in [0, 0.05) is 11.4 Å². The van der Waals surface area contributed by atoms with E-state index >= 15 is 0 Å². The molecule has 0 atom stereocenters. The van der Waals surface area contributed by atoms with Crippen LogP contribution in [0.1, 0.15) is 6.92 Å². The van der Waals surface area contributed by atoms with E-state index in [0.717, 1.165) is 4.90 Å². The molecule has 0 aliphatic carbocycles. The van der Waals surface area contributed by atoms with Gasteiger partial charge >= 0.3 is 0 Å². The van der Waals surface area contributed by atoms with Crippen LogP contribution in [0.5, 0.6) is 0 Å². The molecule has 1 amide bonds. The molecule has 98 valence electrons. The molecule has 0 spiro atoms. The summed E-state index contributed by atoms with van der Waals surface area (Å²) in [6.45, 7) is 2.61. The third kappa shape index (κ3) is 4.14. The molecular formula is C16H17NOS. The molecule has 0 fully saturated rings. The Bertz CT molecular complexity index is 522. The maximum Gasteiger partial charge on any atom is 0.230 e. The number of rotatable bonds is 5. The van der Waals surface area contributed by atoms with Gasteiger partial charge in [0.2, 0.25) is 5.91 Å². The summed E-state index contributed by atoms with van der Waals surface area (Å²) < 4.78 is 0. The van der Waals surface area contributed by atoms with Crippen molar-refractivity contribution in [2.75, 3.05) is 12.3 Å². The van der Waals surface area contributed by atoms with Gasteiger partial charge < -0.3 is 5.32 Å². The van der Waals surface area contributed by atoms with Gasteiger partial charge in [-0.3, -0.25) is 4.79 Å². The molecular weight excluding hydrogens is 254 g/mol. The minimum Gasteiger partial charge on any atom is -0.356 e. The molecule has 0 saturated carbocycles. The number of thioether (sulfide) groups is 1. The van der Waals surface area contributed by atoms with Crippen molar-refractivity contribution in [3.05, 3.63) is 54.6 Å². The molecule has 0 aliphatic rings. The van der Waals surface area contributed by atoms with E-state index < -0.39 is 0 Å². The Morgan fingerprint density at radius 1 is 1.00 bits per heavy atom. The average Bonchev–Trinajstić information content (AvgIpc) is 2.47. The van der Waals surface area contributed by atoms with Gasteiger partial charge in [-0.25, -0.2) is 0 Å². The van der Waals surface area contributed by atoms with Crippen molar-refractivity contribution < 1.29 is 4.79 Å². The summed E-state index contributed by atoms with van der Waals surface area (Å²) in [5.41, 5.74) is 2.41. The summed E-state index contributed by atoms with van der Waals surface area (Å²) in [5, 5.41) is 2.79. The van der Waals surface area contributed by atoms with Crippen LogP contribution < -0.4 is 5.32 Å². The topological polar surface area (TPSA) is 29.1 Å². The van der Waals surface area contributed by atoms with Crippen molar-refractivity contribution in [1.82, 2.24) is 5.32 Å². The van der Waals surface area contributed by atoms with Crippen molar-refractivity contribution in [2.24, 2.45) is 0 Å². The average molecular weight is 271 g/mol. The molecule has 0 heterocycles. The number of benzene rings is 2. The number of amides is 1. The molecule has 0 bridgehead atoms. The van der Waals surface area contributed by atoms with Crippen LogP contribution >= 0.6 is 11.8 Å². The van der Waals surface area contributed by atoms with Crippen LogP contribution in [0.4, 0.5) is 0 Å². The SMILES string of the molecule is CCNC(=O)CSc1ccc(-c2ccccc2)cc1. The zero-order valence-electron chi connectivity index (χ0n) is 10.9. The van der Waals surface area contributed by atoms with Gasteiger partial charge in [-0.1, -0.05) is 42.5 Å². The molecule has 19 heavy (non-hydrogen) atoms. The van der Waals surface area contributed by atoms with E-state index in [9.17, 15) is 4.79 Å². The predicted molar refractivity (Wildman–Crippen MR) is 81.3 cm³/mol. The molecule has 0 aromatic heterocycles. The van der Waals surface area contributed by atoms with Crippen LogP contribution in [0.15, 0.2) is 59.5 Å². The maximum absolute atomic E-state index is 11.4. The Balaban J connectivity index is 1.97. The molecule has 2 rings (SSSR count). The number of hydrogen-bond donors (Lipinski definition) is 1. The molecule has 2 nitrogen and oxygen atoms in total. The Morgan fingerprint density at radius 2 is 1.63 bits per heavy atom. The van der Waals surface area contributed by atoms with E-state index in [1.54, 1.807) is 11.8 Å². The lowest BCUT2D eigenvalue weighted by Gasteiger charge is -2.04. The van der Waals surface area contributed by atoms with E-state index in [-0.39, 0.29) is 5.91 Å². The van der Waals surface area contributed by atoms with Crippen molar-refractivity contribution in [2.45, 2.75) is 11.8 Å². The standard InChI is InChI=1S/C16H17NOS/c1-2-17-16(18)12-19-15-10-8-14(9-11-15)13-6-4-3-5-7-13/h3-11H,2,12H2,1H3,(H,17,18). The van der Waals surface area contributed by atoms with E-state index in [2.05, 4.69) is 41.7 Å². The lowest BCUT2D eigenvalue weighted by atomic mass is 10.1. The molecule has 3 heteroatoms. The number of hydrogen-bond acceptors (Lipinski definition) is 2. The largest absolute Gasteiger partial charge is 0.356 e.